The van der Waals surface area contributed by atoms with Gasteiger partial charge in [-0.25, -0.2) is 0 Å². The van der Waals surface area contributed by atoms with Crippen molar-refractivity contribution < 1.29 is 18.4 Å². The Morgan fingerprint density at radius 3 is 1.29 bits per heavy atom. The van der Waals surface area contributed by atoms with Gasteiger partial charge in [0.15, 0.2) is 0 Å². The molecule has 0 saturated heterocycles. The molecule has 0 atom stereocenters. The van der Waals surface area contributed by atoms with Crippen LogP contribution in [0.3, 0.4) is 0 Å². The summed E-state index contributed by atoms with van der Waals surface area (Å²) in [4.78, 5) is 5.08. The molecule has 0 radical (unpaired) electrons. The summed E-state index contributed by atoms with van der Waals surface area (Å²) in [6.07, 6.45) is 0. The van der Waals surface area contributed by atoms with Gasteiger partial charge in [0.1, 0.15) is 22.3 Å². The number of furan rings is 2. The van der Waals surface area contributed by atoms with Crippen molar-refractivity contribution in [2.24, 2.45) is 0 Å². The molecule has 6 heteroatoms. The van der Waals surface area contributed by atoms with Gasteiger partial charge >= 0.3 is 0 Å². The number of aromatic nitrogens is 1. The number of para-hydroxylation sites is 3. The first-order valence-corrected chi connectivity index (χ1v) is 38.7. The predicted molar refractivity (Wildman–Crippen MR) is 470 cm³/mol. The van der Waals surface area contributed by atoms with Crippen LogP contribution < -0.4 is 26.2 Å². The molecule has 110 heavy (non-hydrogen) atoms. The van der Waals surface area contributed by atoms with E-state index in [9.17, 15) is 9.60 Å². The molecule has 2 aliphatic heterocycles. The van der Waals surface area contributed by atoms with Gasteiger partial charge in [-0.1, -0.05) is 310 Å². The number of anilines is 6. The van der Waals surface area contributed by atoms with Crippen LogP contribution in [0.1, 0.15) is 141 Å². The third-order valence-corrected chi connectivity index (χ3v) is 23.1. The maximum absolute atomic E-state index is 10.5. The molecular weight excluding hydrogens is 1330 g/mol. The summed E-state index contributed by atoms with van der Waals surface area (Å²) >= 11 is 0. The quantitative estimate of drug-likeness (QED) is 0.142. The van der Waals surface area contributed by atoms with Gasteiger partial charge in [-0.15, -0.1) is 0 Å². The summed E-state index contributed by atoms with van der Waals surface area (Å²) in [5.41, 5.74) is 24.9. The number of hydrogen-bond acceptors (Lipinski definition) is 4. The van der Waals surface area contributed by atoms with E-state index in [1.807, 2.05) is 66.7 Å². The lowest BCUT2D eigenvalue weighted by atomic mass is 9.33. The number of fused-ring (bicyclic) bond motifs is 13. The topological polar surface area (TPSA) is 37.7 Å². The fourth-order valence-corrected chi connectivity index (χ4v) is 17.3. The Morgan fingerprint density at radius 2 is 0.764 bits per heavy atom. The van der Waals surface area contributed by atoms with E-state index in [2.05, 4.69) is 290 Å². The van der Waals surface area contributed by atoms with Gasteiger partial charge in [0.25, 0.3) is 6.71 Å². The van der Waals surface area contributed by atoms with Crippen molar-refractivity contribution in [3.05, 3.63) is 313 Å². The third-order valence-electron chi connectivity index (χ3n) is 23.1. The van der Waals surface area contributed by atoms with Gasteiger partial charge in [-0.2, -0.15) is 0 Å². The summed E-state index contributed by atoms with van der Waals surface area (Å²) in [5.74, 6) is 0. The molecular formula is C104H92BN3O2. The lowest BCUT2D eigenvalue weighted by molar-refractivity contribution is 0.569. The van der Waals surface area contributed by atoms with E-state index in [0.717, 1.165) is 156 Å². The molecule has 0 fully saturated rings. The molecule has 5 nitrogen and oxygen atoms in total. The maximum Gasteiger partial charge on any atom is 0.252 e. The van der Waals surface area contributed by atoms with Gasteiger partial charge in [0, 0.05) is 72.2 Å². The highest BCUT2D eigenvalue weighted by molar-refractivity contribution is 7.00. The first-order valence-electron chi connectivity index (χ1n) is 42.2. The highest BCUT2D eigenvalue weighted by atomic mass is 16.3. The van der Waals surface area contributed by atoms with Crippen molar-refractivity contribution in [3.8, 4) is 61.3 Å². The number of hydrogen-bond donors (Lipinski definition) is 0. The van der Waals surface area contributed by atoms with E-state index in [1.54, 1.807) is 4.57 Å². The molecule has 538 valence electrons. The molecule has 17 aromatic rings. The Morgan fingerprint density at radius 1 is 0.318 bits per heavy atom. The summed E-state index contributed by atoms with van der Waals surface area (Å²) in [6, 6.07) is 84.1. The SMILES string of the molecule is [2H]c1c([2H])c([2H])c2c(c1[2H])c1c([2H])c(-c3cccc(-c4ccccc4)c3)c([2H])c([2H])c1n2-c1ccc2c(c1)N(c1c(-c3ccccc3)cc(C(C)(C)C)c3oc4ccccc4c13)c1cc(C(C)(C)C)cc3c1B2c1ccc(-c2cc(C(C)(C)C)cc(C(C)(C)C)c2)cc1N3c1c(-c2ccccc2)cc(C(C)(C)C)c2oc3ccccc3c12. The first-order chi connectivity index (χ1) is 55.6. The summed E-state index contributed by atoms with van der Waals surface area (Å²) in [5, 5.41) is 4.06. The largest absolute Gasteiger partial charge is 0.456 e. The fourth-order valence-electron chi connectivity index (χ4n) is 17.3. The Kier molecular flexibility index (Phi) is 13.8. The molecule has 14 aromatic carbocycles. The highest BCUT2D eigenvalue weighted by Gasteiger charge is 2.47. The number of nitrogens with zero attached hydrogens (tertiary/aromatic N) is 3. The molecule has 2 aliphatic rings. The molecule has 3 aromatic heterocycles. The number of benzene rings is 14. The minimum absolute atomic E-state index is 0.0923. The van der Waals surface area contributed by atoms with Gasteiger partial charge in [0.05, 0.1) is 42.8 Å². The van der Waals surface area contributed by atoms with Crippen LogP contribution in [0.4, 0.5) is 34.1 Å². The van der Waals surface area contributed by atoms with Crippen molar-refractivity contribution in [2.75, 3.05) is 9.80 Å². The Hall–Kier alpha value is -11.9. The van der Waals surface area contributed by atoms with Crippen molar-refractivity contribution >= 4 is 123 Å². The smallest absolute Gasteiger partial charge is 0.252 e. The maximum atomic E-state index is 10.5. The number of rotatable bonds is 8. The van der Waals surface area contributed by atoms with Crippen LogP contribution in [-0.2, 0) is 27.1 Å². The molecule has 0 bridgehead atoms. The van der Waals surface area contributed by atoms with Crippen molar-refractivity contribution in [1.29, 1.82) is 0 Å². The predicted octanol–water partition coefficient (Wildman–Crippen LogP) is 27.5. The van der Waals surface area contributed by atoms with Crippen molar-refractivity contribution in [2.45, 2.75) is 131 Å². The second-order valence-electron chi connectivity index (χ2n) is 35.6. The Balaban J connectivity index is 1.01. The van der Waals surface area contributed by atoms with E-state index in [-0.39, 0.29) is 73.8 Å². The van der Waals surface area contributed by atoms with Crippen LogP contribution in [-0.4, -0.2) is 11.3 Å². The molecule has 0 saturated carbocycles. The third kappa shape index (κ3) is 11.1. The van der Waals surface area contributed by atoms with E-state index in [1.165, 1.54) is 11.1 Å². The Labute approximate surface area is 657 Å². The molecule has 19 rings (SSSR count). The van der Waals surface area contributed by atoms with Gasteiger partial charge in [-0.3, -0.25) is 0 Å². The van der Waals surface area contributed by atoms with Gasteiger partial charge in [0.2, 0.25) is 0 Å². The average Bonchev–Trinajstić information content (AvgIpc) is 1.68. The average molecular weight is 1430 g/mol. The van der Waals surface area contributed by atoms with E-state index < -0.39 is 29.6 Å². The Bertz CT molecular complexity index is 7030. The van der Waals surface area contributed by atoms with Crippen LogP contribution in [0.15, 0.2) is 294 Å². The summed E-state index contributed by atoms with van der Waals surface area (Å²) in [7, 11) is 0. The zero-order valence-electron chi connectivity index (χ0n) is 72.3. The molecule has 0 N–H and O–H groups in total. The van der Waals surface area contributed by atoms with Crippen LogP contribution >= 0.6 is 0 Å². The van der Waals surface area contributed by atoms with Crippen molar-refractivity contribution in [3.63, 3.8) is 0 Å². The minimum Gasteiger partial charge on any atom is -0.456 e. The second kappa shape index (κ2) is 24.8. The summed E-state index contributed by atoms with van der Waals surface area (Å²) in [6.45, 7) is 33.7. The molecule has 0 aliphatic carbocycles. The zero-order chi connectivity index (χ0) is 81.9. The van der Waals surface area contributed by atoms with E-state index in [4.69, 9.17) is 8.83 Å². The molecule has 0 amide bonds. The van der Waals surface area contributed by atoms with Crippen LogP contribution in [0, 0.1) is 0 Å². The zero-order valence-corrected chi connectivity index (χ0v) is 65.3. The lowest BCUT2D eigenvalue weighted by Gasteiger charge is -2.46. The van der Waals surface area contributed by atoms with Gasteiger partial charge < -0.3 is 23.2 Å². The molecule has 0 unspecified atom stereocenters. The van der Waals surface area contributed by atoms with E-state index in [0.29, 0.717) is 11.3 Å². The second-order valence-corrected chi connectivity index (χ2v) is 35.6. The van der Waals surface area contributed by atoms with Crippen LogP contribution in [0.25, 0.3) is 127 Å². The monoisotopic (exact) mass is 1430 g/mol. The molecule has 0 spiro atoms. The standard InChI is InChI=1S/C104H92BN3O2/c1-100(2,3)71-53-70(54-72(57-71)101(4,5)6)69-46-49-83-87(56-69)107(96-78(64-34-21-17-22-35-64)61-81(103(10,11)12)98-93(96)76-41-26-29-44-91(76)109-98)89-58-73(102(7,8)9)59-90-95(89)105(83)84-50-48-74(106-85-43-28-25-40-75(85)80-55-68(47-51-86(80)106)67-39-31-38-66(52-67)63-32-19-16-20-33-63)60-88(84)108(90)97-79(65-36-23-18-24-37-65)62-82(104(13,14)15)99-94(97)77-42-27-30-45-92(77)110-99/h16-62H,1-15H3/i25D,28D,40D,43D,47D,51D,55D. The normalized spacial score (nSPS) is 14.2. The lowest BCUT2D eigenvalue weighted by Crippen LogP contribution is -2.61. The van der Waals surface area contributed by atoms with E-state index >= 15 is 0 Å². The van der Waals surface area contributed by atoms with Crippen molar-refractivity contribution in [1.82, 2.24) is 4.57 Å². The molecule has 5 heterocycles. The highest BCUT2D eigenvalue weighted by Crippen LogP contribution is 2.58. The summed E-state index contributed by atoms with van der Waals surface area (Å²) < 4.78 is 87.0. The van der Waals surface area contributed by atoms with Crippen LogP contribution in [0.5, 0.6) is 0 Å². The van der Waals surface area contributed by atoms with Gasteiger partial charge in [-0.05, 0) is 183 Å². The van der Waals surface area contributed by atoms with Crippen LogP contribution in [0.2, 0.25) is 0 Å². The first kappa shape index (κ1) is 61.1. The minimum atomic E-state index is -0.511. The fraction of sp³-hybridized carbons (Fsp3) is 0.192.